The summed E-state index contributed by atoms with van der Waals surface area (Å²) in [5.41, 5.74) is 1.23. The third-order valence-corrected chi connectivity index (χ3v) is 2.93. The molecule has 0 atom stereocenters. The highest BCUT2D eigenvalue weighted by molar-refractivity contribution is 9.11. The monoisotopic (exact) mass is 336 g/mol. The molecule has 0 saturated carbocycles. The van der Waals surface area contributed by atoms with Gasteiger partial charge in [-0.2, -0.15) is 0 Å². The number of rotatable bonds is 2. The van der Waals surface area contributed by atoms with Gasteiger partial charge in [0, 0.05) is 0 Å². The fourth-order valence-corrected chi connectivity index (χ4v) is 2.49. The van der Waals surface area contributed by atoms with Gasteiger partial charge in [0.15, 0.2) is 0 Å². The quantitative estimate of drug-likeness (QED) is 0.791. The molecular weight excluding hydrogens is 320 g/mol. The van der Waals surface area contributed by atoms with Crippen LogP contribution in [-0.2, 0) is 6.42 Å². The molecule has 0 radical (unpaired) electrons. The average molecular weight is 338 g/mol. The molecule has 0 unspecified atom stereocenters. The Kier molecular flexibility index (Phi) is 7.28. The van der Waals surface area contributed by atoms with E-state index in [1.807, 2.05) is 26.0 Å². The highest BCUT2D eigenvalue weighted by Crippen LogP contribution is 2.33. The van der Waals surface area contributed by atoms with E-state index in [1.54, 1.807) is 0 Å². The zero-order chi connectivity index (χ0) is 12.0. The van der Waals surface area contributed by atoms with Crippen molar-refractivity contribution in [3.8, 4) is 5.75 Å². The molecule has 1 nitrogen and oxygen atoms in total. The van der Waals surface area contributed by atoms with E-state index in [1.165, 1.54) is 5.56 Å². The Hall–Kier alpha value is -0.0200. The van der Waals surface area contributed by atoms with E-state index in [-0.39, 0.29) is 5.75 Å². The lowest BCUT2D eigenvalue weighted by atomic mass is 10.0. The molecule has 1 rings (SSSR count). The molecule has 0 spiro atoms. The lowest BCUT2D eigenvalue weighted by molar-refractivity contribution is 0.468. The van der Waals surface area contributed by atoms with Gasteiger partial charge in [-0.05, 0) is 61.9 Å². The summed E-state index contributed by atoms with van der Waals surface area (Å²) in [6, 6.07) is 3.92. The molecule has 3 heteroatoms. The zero-order valence-electron chi connectivity index (χ0n) is 9.64. The van der Waals surface area contributed by atoms with Gasteiger partial charge in [-0.25, -0.2) is 0 Å². The van der Waals surface area contributed by atoms with Crippen LogP contribution in [0.15, 0.2) is 21.1 Å². The van der Waals surface area contributed by atoms with Crippen LogP contribution >= 0.6 is 31.9 Å². The number of aromatic hydroxyl groups is 1. The predicted molar refractivity (Wildman–Crippen MR) is 73.4 cm³/mol. The largest absolute Gasteiger partial charge is 0.506 e. The minimum atomic E-state index is 0.271. The molecule has 0 aliphatic carbocycles. The van der Waals surface area contributed by atoms with Gasteiger partial charge in [0.1, 0.15) is 5.75 Å². The first-order valence-electron chi connectivity index (χ1n) is 5.17. The van der Waals surface area contributed by atoms with Crippen LogP contribution in [0.4, 0.5) is 0 Å². The summed E-state index contributed by atoms with van der Waals surface area (Å²) in [7, 11) is 0. The maximum absolute atomic E-state index is 9.47. The average Bonchev–Trinajstić information content (AvgIpc) is 2.16. The lowest BCUT2D eigenvalue weighted by Crippen LogP contribution is -1.94. The molecule has 0 amide bonds. The van der Waals surface area contributed by atoms with Crippen molar-refractivity contribution in [3.05, 3.63) is 26.6 Å². The molecule has 0 aromatic heterocycles. The minimum absolute atomic E-state index is 0.271. The number of hydrogen-bond donors (Lipinski definition) is 1. The molecule has 0 bridgehead atoms. The van der Waals surface area contributed by atoms with Crippen LogP contribution in [0.1, 0.15) is 33.3 Å². The first-order chi connectivity index (χ1) is 7.00. The van der Waals surface area contributed by atoms with Gasteiger partial charge in [-0.15, -0.1) is 0 Å². The Balaban J connectivity index is 0.000000921. The number of benzene rings is 1. The molecule has 15 heavy (non-hydrogen) atoms. The van der Waals surface area contributed by atoms with Crippen LogP contribution < -0.4 is 0 Å². The van der Waals surface area contributed by atoms with Gasteiger partial charge in [-0.1, -0.05) is 27.7 Å². The summed E-state index contributed by atoms with van der Waals surface area (Å²) in [5, 5.41) is 9.47. The molecular formula is C12H18Br2O. The van der Waals surface area contributed by atoms with Crippen LogP contribution in [0.2, 0.25) is 0 Å². The third kappa shape index (κ3) is 5.03. The van der Waals surface area contributed by atoms with Crippen molar-refractivity contribution in [2.24, 2.45) is 5.92 Å². The van der Waals surface area contributed by atoms with Gasteiger partial charge in [-0.3, -0.25) is 0 Å². The van der Waals surface area contributed by atoms with E-state index in [0.717, 1.165) is 15.4 Å². The normalized spacial score (nSPS) is 9.80. The summed E-state index contributed by atoms with van der Waals surface area (Å²) in [4.78, 5) is 0. The van der Waals surface area contributed by atoms with Gasteiger partial charge < -0.3 is 5.11 Å². The van der Waals surface area contributed by atoms with E-state index < -0.39 is 0 Å². The molecule has 86 valence electrons. The summed E-state index contributed by atoms with van der Waals surface area (Å²) in [6.07, 6.45) is 1.03. The predicted octanol–water partition coefficient (Wildman–Crippen LogP) is 5.14. The molecule has 1 aromatic carbocycles. The van der Waals surface area contributed by atoms with E-state index in [0.29, 0.717) is 5.92 Å². The van der Waals surface area contributed by atoms with Crippen molar-refractivity contribution in [3.63, 3.8) is 0 Å². The molecule has 0 heterocycles. The topological polar surface area (TPSA) is 20.2 Å². The summed E-state index contributed by atoms with van der Waals surface area (Å²) < 4.78 is 1.50. The first-order valence-corrected chi connectivity index (χ1v) is 6.76. The Morgan fingerprint density at radius 2 is 1.53 bits per heavy atom. The van der Waals surface area contributed by atoms with Crippen LogP contribution in [-0.4, -0.2) is 5.11 Å². The molecule has 0 aliphatic heterocycles. The second kappa shape index (κ2) is 7.29. The Labute approximate surface area is 109 Å². The maximum atomic E-state index is 9.47. The van der Waals surface area contributed by atoms with Crippen molar-refractivity contribution in [2.45, 2.75) is 34.1 Å². The Morgan fingerprint density at radius 3 is 1.87 bits per heavy atom. The SMILES string of the molecule is CC.CC(C)Cc1cc(Br)c(O)c(Br)c1. The zero-order valence-corrected chi connectivity index (χ0v) is 12.8. The van der Waals surface area contributed by atoms with Crippen LogP contribution in [0, 0.1) is 5.92 Å². The minimum Gasteiger partial charge on any atom is -0.506 e. The molecule has 1 aromatic rings. The van der Waals surface area contributed by atoms with E-state index in [4.69, 9.17) is 0 Å². The number of hydrogen-bond acceptors (Lipinski definition) is 1. The van der Waals surface area contributed by atoms with Gasteiger partial charge in [0.2, 0.25) is 0 Å². The van der Waals surface area contributed by atoms with Crippen molar-refractivity contribution in [1.29, 1.82) is 0 Å². The number of phenolic OH excluding ortho intramolecular Hbond substituents is 1. The summed E-state index contributed by atoms with van der Waals surface area (Å²) in [5.74, 6) is 0.899. The molecule has 1 N–H and O–H groups in total. The van der Waals surface area contributed by atoms with Gasteiger partial charge in [0.05, 0.1) is 8.95 Å². The lowest BCUT2D eigenvalue weighted by Gasteiger charge is -2.07. The van der Waals surface area contributed by atoms with Crippen molar-refractivity contribution in [1.82, 2.24) is 0 Å². The van der Waals surface area contributed by atoms with Crippen LogP contribution in [0.5, 0.6) is 5.75 Å². The first kappa shape index (κ1) is 15.0. The summed E-state index contributed by atoms with van der Waals surface area (Å²) in [6.45, 7) is 8.35. The Morgan fingerprint density at radius 1 is 1.13 bits per heavy atom. The number of phenols is 1. The Bertz CT molecular complexity index is 285. The van der Waals surface area contributed by atoms with E-state index >= 15 is 0 Å². The third-order valence-electron chi connectivity index (χ3n) is 1.72. The maximum Gasteiger partial charge on any atom is 0.143 e. The molecule has 0 aliphatic rings. The molecule has 0 fully saturated rings. The molecule has 0 saturated heterocycles. The standard InChI is InChI=1S/C10H12Br2O.C2H6/c1-6(2)3-7-4-8(11)10(13)9(12)5-7;1-2/h4-6,13H,3H2,1-2H3;1-2H3. The van der Waals surface area contributed by atoms with Gasteiger partial charge in [0.25, 0.3) is 0 Å². The van der Waals surface area contributed by atoms with E-state index in [2.05, 4.69) is 45.7 Å². The van der Waals surface area contributed by atoms with Crippen molar-refractivity contribution >= 4 is 31.9 Å². The smallest absolute Gasteiger partial charge is 0.143 e. The van der Waals surface area contributed by atoms with Crippen molar-refractivity contribution in [2.75, 3.05) is 0 Å². The van der Waals surface area contributed by atoms with Crippen LogP contribution in [0.3, 0.4) is 0 Å². The summed E-state index contributed by atoms with van der Waals surface area (Å²) >= 11 is 6.61. The van der Waals surface area contributed by atoms with Crippen molar-refractivity contribution < 1.29 is 5.11 Å². The van der Waals surface area contributed by atoms with E-state index in [9.17, 15) is 5.11 Å². The second-order valence-corrected chi connectivity index (χ2v) is 5.21. The second-order valence-electron chi connectivity index (χ2n) is 3.51. The highest BCUT2D eigenvalue weighted by atomic mass is 79.9. The fourth-order valence-electron chi connectivity index (χ4n) is 1.21. The fraction of sp³-hybridized carbons (Fsp3) is 0.500. The number of halogens is 2. The highest BCUT2D eigenvalue weighted by Gasteiger charge is 2.06. The van der Waals surface area contributed by atoms with Gasteiger partial charge >= 0.3 is 0 Å². The van der Waals surface area contributed by atoms with Crippen LogP contribution in [0.25, 0.3) is 0 Å².